The Morgan fingerprint density at radius 1 is 1.18 bits per heavy atom. The average molecular weight is 483 g/mol. The van der Waals surface area contributed by atoms with Gasteiger partial charge in [0.25, 0.3) is 0 Å². The van der Waals surface area contributed by atoms with Crippen LogP contribution in [0.5, 0.6) is 0 Å². The topological polar surface area (TPSA) is 58.1 Å². The number of hydrogen-bond donors (Lipinski definition) is 1. The smallest absolute Gasteiger partial charge is 0.226 e. The van der Waals surface area contributed by atoms with Crippen molar-refractivity contribution in [2.75, 3.05) is 11.9 Å². The van der Waals surface area contributed by atoms with Gasteiger partial charge >= 0.3 is 0 Å². The first-order valence-corrected chi connectivity index (χ1v) is 13.0. The van der Waals surface area contributed by atoms with E-state index in [1.54, 1.807) is 6.07 Å². The van der Waals surface area contributed by atoms with Crippen LogP contribution in [0.25, 0.3) is 0 Å². The van der Waals surface area contributed by atoms with E-state index in [2.05, 4.69) is 20.2 Å². The predicted octanol–water partition coefficient (Wildman–Crippen LogP) is 5.68. The van der Waals surface area contributed by atoms with Gasteiger partial charge in [-0.15, -0.1) is 0 Å². The number of carbonyl (C=O) groups excluding carboxylic acids is 1. The highest BCUT2D eigenvalue weighted by Gasteiger charge is 2.51. The molecular formula is C27H32ClFN4O. The van der Waals surface area contributed by atoms with Gasteiger partial charge in [0.15, 0.2) is 0 Å². The van der Waals surface area contributed by atoms with Crippen molar-refractivity contribution in [3.8, 4) is 0 Å². The molecule has 1 aromatic carbocycles. The van der Waals surface area contributed by atoms with Gasteiger partial charge in [0.05, 0.1) is 10.7 Å². The summed E-state index contributed by atoms with van der Waals surface area (Å²) in [7, 11) is 0. The van der Waals surface area contributed by atoms with Crippen LogP contribution < -0.4 is 5.32 Å². The fourth-order valence-electron chi connectivity index (χ4n) is 7.76. The number of aromatic nitrogens is 2. The standard InChI is InChI=1S/C27H32ClFN4O/c1-16-2-3-22(29)21(25(16)28)13-33-5-4-20-23(14-33)30-15-31-26(20)32-24(34)12-27-9-17-6-18(10-27)8-19(7-17)11-27/h2-3,15,17-19H,4-14H2,1H3,(H,30,31,32,34). The second-order valence-electron chi connectivity index (χ2n) is 11.4. The zero-order chi connectivity index (χ0) is 23.4. The van der Waals surface area contributed by atoms with Crippen molar-refractivity contribution in [1.82, 2.24) is 14.9 Å². The lowest BCUT2D eigenvalue weighted by atomic mass is 9.49. The molecule has 5 nitrogen and oxygen atoms in total. The van der Waals surface area contributed by atoms with Gasteiger partial charge < -0.3 is 5.32 Å². The molecule has 0 unspecified atom stereocenters. The minimum atomic E-state index is -0.276. The molecule has 0 radical (unpaired) electrons. The van der Waals surface area contributed by atoms with E-state index in [-0.39, 0.29) is 17.1 Å². The third kappa shape index (κ3) is 4.13. The monoisotopic (exact) mass is 482 g/mol. The maximum Gasteiger partial charge on any atom is 0.226 e. The fourth-order valence-corrected chi connectivity index (χ4v) is 7.97. The molecule has 180 valence electrons. The predicted molar refractivity (Wildman–Crippen MR) is 130 cm³/mol. The molecule has 1 aromatic heterocycles. The van der Waals surface area contributed by atoms with Gasteiger partial charge in [-0.2, -0.15) is 0 Å². The Hall–Kier alpha value is -2.05. The summed E-state index contributed by atoms with van der Waals surface area (Å²) in [6, 6.07) is 3.19. The Bertz CT molecular complexity index is 1100. The SMILES string of the molecule is Cc1ccc(F)c(CN2CCc3c(ncnc3NC(=O)CC34CC5CC(CC(C5)C3)C4)C2)c1Cl. The number of nitrogens with zero attached hydrogens (tertiary/aromatic N) is 3. The fraction of sp³-hybridized carbons (Fsp3) is 0.593. The van der Waals surface area contributed by atoms with Crippen LogP contribution in [0.15, 0.2) is 18.5 Å². The van der Waals surface area contributed by atoms with Crippen molar-refractivity contribution in [3.63, 3.8) is 0 Å². The van der Waals surface area contributed by atoms with Gasteiger partial charge in [-0.05, 0) is 86.7 Å². The summed E-state index contributed by atoms with van der Waals surface area (Å²) in [4.78, 5) is 24.2. The van der Waals surface area contributed by atoms with Crippen molar-refractivity contribution < 1.29 is 9.18 Å². The molecule has 4 aliphatic carbocycles. The van der Waals surface area contributed by atoms with E-state index >= 15 is 0 Å². The van der Waals surface area contributed by atoms with Crippen molar-refractivity contribution in [3.05, 3.63) is 51.7 Å². The molecule has 34 heavy (non-hydrogen) atoms. The summed E-state index contributed by atoms with van der Waals surface area (Å²) in [6.45, 7) is 3.65. The highest BCUT2D eigenvalue weighted by atomic mass is 35.5. The lowest BCUT2D eigenvalue weighted by Crippen LogP contribution is -2.47. The maximum absolute atomic E-state index is 14.4. The summed E-state index contributed by atoms with van der Waals surface area (Å²) in [5.74, 6) is 2.98. The zero-order valence-corrected chi connectivity index (χ0v) is 20.5. The maximum atomic E-state index is 14.4. The third-order valence-corrected chi connectivity index (χ3v) is 9.33. The van der Waals surface area contributed by atoms with Crippen LogP contribution in [0.2, 0.25) is 5.02 Å². The largest absolute Gasteiger partial charge is 0.310 e. The van der Waals surface area contributed by atoms with E-state index in [1.807, 2.05) is 6.92 Å². The molecule has 1 amide bonds. The van der Waals surface area contributed by atoms with Crippen LogP contribution >= 0.6 is 11.6 Å². The molecule has 2 heterocycles. The van der Waals surface area contributed by atoms with Crippen molar-refractivity contribution in [2.24, 2.45) is 23.2 Å². The minimum absolute atomic E-state index is 0.0962. The van der Waals surface area contributed by atoms with Crippen molar-refractivity contribution in [2.45, 2.75) is 71.4 Å². The van der Waals surface area contributed by atoms with Gasteiger partial charge in [0.1, 0.15) is 18.0 Å². The first-order valence-electron chi connectivity index (χ1n) is 12.7. The van der Waals surface area contributed by atoms with Gasteiger partial charge in [-0.25, -0.2) is 14.4 Å². The van der Waals surface area contributed by atoms with Crippen LogP contribution in [0.4, 0.5) is 10.2 Å². The van der Waals surface area contributed by atoms with Crippen molar-refractivity contribution in [1.29, 1.82) is 0 Å². The second kappa shape index (κ2) is 8.56. The molecule has 0 atom stereocenters. The number of anilines is 1. The Morgan fingerprint density at radius 2 is 1.88 bits per heavy atom. The van der Waals surface area contributed by atoms with E-state index in [0.717, 1.165) is 41.1 Å². The molecular weight excluding hydrogens is 451 g/mol. The van der Waals surface area contributed by atoms with E-state index in [1.165, 1.54) is 50.9 Å². The number of fused-ring (bicyclic) bond motifs is 1. The Morgan fingerprint density at radius 3 is 2.59 bits per heavy atom. The van der Waals surface area contributed by atoms with Crippen LogP contribution in [0.1, 0.15) is 67.3 Å². The van der Waals surface area contributed by atoms with Crippen molar-refractivity contribution >= 4 is 23.3 Å². The number of nitrogens with one attached hydrogen (secondary N) is 1. The quantitative estimate of drug-likeness (QED) is 0.595. The molecule has 7 rings (SSSR count). The van der Waals surface area contributed by atoms with Crippen LogP contribution in [-0.4, -0.2) is 27.3 Å². The molecule has 7 heteroatoms. The number of aryl methyl sites for hydroxylation is 1. The van der Waals surface area contributed by atoms with Gasteiger partial charge in [0, 0.05) is 37.2 Å². The summed E-state index contributed by atoms with van der Waals surface area (Å²) in [6.07, 6.45) is 10.7. The van der Waals surface area contributed by atoms with E-state index in [9.17, 15) is 9.18 Å². The zero-order valence-electron chi connectivity index (χ0n) is 19.7. The van der Waals surface area contributed by atoms with Crippen LogP contribution in [0.3, 0.4) is 0 Å². The number of halogens is 2. The molecule has 0 spiro atoms. The minimum Gasteiger partial charge on any atom is -0.310 e. The van der Waals surface area contributed by atoms with Gasteiger partial charge in [0.2, 0.25) is 5.91 Å². The van der Waals surface area contributed by atoms with Crippen LogP contribution in [0, 0.1) is 35.9 Å². The lowest BCUT2D eigenvalue weighted by Gasteiger charge is -2.56. The van der Waals surface area contributed by atoms with Gasteiger partial charge in [-0.1, -0.05) is 17.7 Å². The van der Waals surface area contributed by atoms with Gasteiger partial charge in [-0.3, -0.25) is 9.69 Å². The summed E-state index contributed by atoms with van der Waals surface area (Å²) >= 11 is 6.39. The average Bonchev–Trinajstić information content (AvgIpc) is 2.78. The van der Waals surface area contributed by atoms with E-state index in [4.69, 9.17) is 11.6 Å². The highest BCUT2D eigenvalue weighted by Crippen LogP contribution is 2.61. The molecule has 5 aliphatic rings. The Balaban J connectivity index is 1.14. The first-order chi connectivity index (χ1) is 16.4. The number of hydrogen-bond acceptors (Lipinski definition) is 4. The number of rotatable bonds is 5. The molecule has 4 fully saturated rings. The molecule has 1 N–H and O–H groups in total. The van der Waals surface area contributed by atoms with E-state index in [0.29, 0.717) is 42.3 Å². The molecule has 0 saturated heterocycles. The number of amides is 1. The first kappa shape index (κ1) is 22.4. The summed E-state index contributed by atoms with van der Waals surface area (Å²) < 4.78 is 14.4. The molecule has 4 bridgehead atoms. The Labute approximate surface area is 205 Å². The third-order valence-electron chi connectivity index (χ3n) is 8.81. The highest BCUT2D eigenvalue weighted by molar-refractivity contribution is 6.32. The number of carbonyl (C=O) groups is 1. The molecule has 4 saturated carbocycles. The normalized spacial score (nSPS) is 29.8. The summed E-state index contributed by atoms with van der Waals surface area (Å²) in [5.41, 5.74) is 3.52. The van der Waals surface area contributed by atoms with Crippen LogP contribution in [-0.2, 0) is 24.3 Å². The molecule has 1 aliphatic heterocycles. The Kier molecular flexibility index (Phi) is 5.64. The number of benzene rings is 1. The van der Waals surface area contributed by atoms with E-state index < -0.39 is 0 Å². The molecule has 2 aromatic rings. The summed E-state index contributed by atoms with van der Waals surface area (Å²) in [5, 5.41) is 3.64. The second-order valence-corrected chi connectivity index (χ2v) is 11.8. The lowest BCUT2D eigenvalue weighted by molar-refractivity contribution is -0.124.